The molecule has 2 aromatic rings. The second-order valence-corrected chi connectivity index (χ2v) is 7.36. The molecule has 0 atom stereocenters. The maximum absolute atomic E-state index is 12.0. The lowest BCUT2D eigenvalue weighted by atomic mass is 10.1. The zero-order valence-corrected chi connectivity index (χ0v) is 15.8. The van der Waals surface area contributed by atoms with Gasteiger partial charge in [0, 0.05) is 31.1 Å². The molecular formula is C20H25N5O2. The molecule has 0 aliphatic carbocycles. The average molecular weight is 367 g/mol. The molecule has 1 aromatic carbocycles. The van der Waals surface area contributed by atoms with E-state index in [1.807, 2.05) is 26.0 Å². The Bertz CT molecular complexity index is 839. The number of carbonyl (C=O) groups is 1. The van der Waals surface area contributed by atoms with Crippen molar-refractivity contribution in [3.05, 3.63) is 36.2 Å². The van der Waals surface area contributed by atoms with Gasteiger partial charge < -0.3 is 15.0 Å². The molecule has 3 heterocycles. The number of carbonyl (C=O) groups excluding carboxylic acids is 1. The topological polar surface area (TPSA) is 70.6 Å². The summed E-state index contributed by atoms with van der Waals surface area (Å²) in [6.45, 7) is 7.46. The van der Waals surface area contributed by atoms with Crippen LogP contribution in [0.4, 0.5) is 5.82 Å². The summed E-state index contributed by atoms with van der Waals surface area (Å²) in [4.78, 5) is 25.5. The molecule has 0 radical (unpaired) electrons. The van der Waals surface area contributed by atoms with E-state index >= 15 is 0 Å². The Morgan fingerprint density at radius 1 is 1.30 bits per heavy atom. The molecule has 0 spiro atoms. The molecule has 0 unspecified atom stereocenters. The second kappa shape index (κ2) is 7.52. The van der Waals surface area contributed by atoms with E-state index < -0.39 is 0 Å². The number of hydrogen-bond donors (Lipinski definition) is 1. The Kier molecular flexibility index (Phi) is 4.94. The van der Waals surface area contributed by atoms with E-state index in [1.54, 1.807) is 12.4 Å². The lowest BCUT2D eigenvalue weighted by Crippen LogP contribution is -2.39. The third kappa shape index (κ3) is 4.03. The van der Waals surface area contributed by atoms with E-state index in [0.717, 1.165) is 48.9 Å². The Balaban J connectivity index is 1.45. The molecule has 1 saturated heterocycles. The zero-order valence-electron chi connectivity index (χ0n) is 15.8. The van der Waals surface area contributed by atoms with Crippen molar-refractivity contribution >= 4 is 11.7 Å². The fourth-order valence-corrected chi connectivity index (χ4v) is 3.52. The summed E-state index contributed by atoms with van der Waals surface area (Å²) < 4.78 is 5.58. The largest absolute Gasteiger partial charge is 0.493 e. The van der Waals surface area contributed by atoms with Crippen LogP contribution in [0.3, 0.4) is 0 Å². The third-order valence-electron chi connectivity index (χ3n) is 4.80. The van der Waals surface area contributed by atoms with Crippen molar-refractivity contribution in [3.63, 3.8) is 0 Å². The molecule has 1 aromatic heterocycles. The van der Waals surface area contributed by atoms with Gasteiger partial charge in [-0.2, -0.15) is 0 Å². The first-order chi connectivity index (χ1) is 13.1. The molecular weight excluding hydrogens is 342 g/mol. The molecule has 7 heteroatoms. The molecule has 27 heavy (non-hydrogen) atoms. The van der Waals surface area contributed by atoms with Gasteiger partial charge in [0.2, 0.25) is 5.91 Å². The molecule has 2 aliphatic rings. The van der Waals surface area contributed by atoms with E-state index in [-0.39, 0.29) is 11.9 Å². The maximum atomic E-state index is 12.0. The normalized spacial score (nSPS) is 16.5. The molecule has 2 aliphatic heterocycles. The Hall–Kier alpha value is -2.67. The van der Waals surface area contributed by atoms with Gasteiger partial charge in [0.25, 0.3) is 0 Å². The van der Waals surface area contributed by atoms with Crippen LogP contribution < -0.4 is 15.0 Å². The maximum Gasteiger partial charge on any atom is 0.234 e. The van der Waals surface area contributed by atoms with E-state index in [1.165, 1.54) is 5.56 Å². The van der Waals surface area contributed by atoms with Crippen LogP contribution in [0.5, 0.6) is 5.75 Å². The number of fused-ring (bicyclic) bond motifs is 1. The molecule has 0 saturated carbocycles. The molecule has 7 nitrogen and oxygen atoms in total. The van der Waals surface area contributed by atoms with Gasteiger partial charge in [0.1, 0.15) is 11.6 Å². The van der Waals surface area contributed by atoms with Crippen molar-refractivity contribution in [1.29, 1.82) is 0 Å². The average Bonchev–Trinajstić information content (AvgIpc) is 3.29. The van der Waals surface area contributed by atoms with Crippen molar-refractivity contribution in [2.45, 2.75) is 26.3 Å². The quantitative estimate of drug-likeness (QED) is 0.867. The van der Waals surface area contributed by atoms with E-state index in [4.69, 9.17) is 9.72 Å². The monoisotopic (exact) mass is 367 g/mol. The lowest BCUT2D eigenvalue weighted by molar-refractivity contribution is -0.122. The van der Waals surface area contributed by atoms with Crippen LogP contribution in [0.1, 0.15) is 19.4 Å². The summed E-state index contributed by atoms with van der Waals surface area (Å²) in [5.74, 6) is 1.88. The van der Waals surface area contributed by atoms with Gasteiger partial charge in [-0.3, -0.25) is 14.7 Å². The molecule has 1 N–H and O–H groups in total. The van der Waals surface area contributed by atoms with E-state index in [2.05, 4.69) is 26.2 Å². The standard InChI is InChI=1S/C20H25N5O2/c1-14(2)22-20(26)12-24-6-7-25(13-24)19-11-21-10-17(23-19)15-3-4-18-16(9-15)5-8-27-18/h3-4,9-11,14H,5-8,12-13H2,1-2H3,(H,22,26). The van der Waals surface area contributed by atoms with Crippen molar-refractivity contribution in [1.82, 2.24) is 20.2 Å². The lowest BCUT2D eigenvalue weighted by Gasteiger charge is -2.19. The highest BCUT2D eigenvalue weighted by Crippen LogP contribution is 2.30. The zero-order chi connectivity index (χ0) is 18.8. The minimum Gasteiger partial charge on any atom is -0.493 e. The van der Waals surface area contributed by atoms with Crippen LogP contribution in [0.2, 0.25) is 0 Å². The summed E-state index contributed by atoms with van der Waals surface area (Å²) in [5, 5.41) is 2.94. The number of anilines is 1. The van der Waals surface area contributed by atoms with Crippen molar-refractivity contribution < 1.29 is 9.53 Å². The van der Waals surface area contributed by atoms with Gasteiger partial charge >= 0.3 is 0 Å². The highest BCUT2D eigenvalue weighted by Gasteiger charge is 2.23. The van der Waals surface area contributed by atoms with Gasteiger partial charge in [0.05, 0.1) is 37.9 Å². The minimum absolute atomic E-state index is 0.0621. The molecule has 1 amide bonds. The minimum atomic E-state index is 0.0621. The predicted molar refractivity (Wildman–Crippen MR) is 104 cm³/mol. The Morgan fingerprint density at radius 3 is 3.04 bits per heavy atom. The predicted octanol–water partition coefficient (Wildman–Crippen LogP) is 1.68. The summed E-state index contributed by atoms with van der Waals surface area (Å²) in [5.41, 5.74) is 3.14. The molecule has 142 valence electrons. The van der Waals surface area contributed by atoms with Crippen LogP contribution in [-0.2, 0) is 11.2 Å². The van der Waals surface area contributed by atoms with Crippen molar-refractivity contribution in [3.8, 4) is 17.0 Å². The Morgan fingerprint density at radius 2 is 2.19 bits per heavy atom. The number of hydrogen-bond acceptors (Lipinski definition) is 6. The second-order valence-electron chi connectivity index (χ2n) is 7.36. The fraction of sp³-hybridized carbons (Fsp3) is 0.450. The van der Waals surface area contributed by atoms with Gasteiger partial charge in [-0.05, 0) is 37.6 Å². The molecule has 4 rings (SSSR count). The third-order valence-corrected chi connectivity index (χ3v) is 4.80. The number of ether oxygens (including phenoxy) is 1. The van der Waals surface area contributed by atoms with Gasteiger partial charge in [-0.1, -0.05) is 0 Å². The number of rotatable bonds is 5. The smallest absolute Gasteiger partial charge is 0.234 e. The van der Waals surface area contributed by atoms with Gasteiger partial charge in [0.15, 0.2) is 0 Å². The first-order valence-corrected chi connectivity index (χ1v) is 9.43. The van der Waals surface area contributed by atoms with Crippen LogP contribution >= 0.6 is 0 Å². The highest BCUT2D eigenvalue weighted by atomic mass is 16.5. The summed E-state index contributed by atoms with van der Waals surface area (Å²) in [6, 6.07) is 6.35. The fourth-order valence-electron chi connectivity index (χ4n) is 3.52. The van der Waals surface area contributed by atoms with Crippen molar-refractivity contribution in [2.24, 2.45) is 0 Å². The van der Waals surface area contributed by atoms with Gasteiger partial charge in [-0.15, -0.1) is 0 Å². The molecule has 0 bridgehead atoms. The van der Waals surface area contributed by atoms with Crippen molar-refractivity contribution in [2.75, 3.05) is 37.8 Å². The highest BCUT2D eigenvalue weighted by molar-refractivity contribution is 5.78. The number of aromatic nitrogens is 2. The van der Waals surface area contributed by atoms with Crippen LogP contribution in [0, 0.1) is 0 Å². The van der Waals surface area contributed by atoms with Crippen LogP contribution in [0.25, 0.3) is 11.3 Å². The summed E-state index contributed by atoms with van der Waals surface area (Å²) in [6.07, 6.45) is 4.53. The number of nitrogens with one attached hydrogen (secondary N) is 1. The summed E-state index contributed by atoms with van der Waals surface area (Å²) in [7, 11) is 0. The van der Waals surface area contributed by atoms with E-state index in [9.17, 15) is 4.79 Å². The van der Waals surface area contributed by atoms with Gasteiger partial charge in [-0.25, -0.2) is 4.98 Å². The summed E-state index contributed by atoms with van der Waals surface area (Å²) >= 11 is 0. The van der Waals surface area contributed by atoms with Crippen LogP contribution in [-0.4, -0.2) is 59.7 Å². The number of amides is 1. The first kappa shape index (κ1) is 17.7. The first-order valence-electron chi connectivity index (χ1n) is 9.43. The number of nitrogens with zero attached hydrogens (tertiary/aromatic N) is 4. The Labute approximate surface area is 159 Å². The number of benzene rings is 1. The van der Waals surface area contributed by atoms with E-state index in [0.29, 0.717) is 13.2 Å². The molecule has 1 fully saturated rings. The SMILES string of the molecule is CC(C)NC(=O)CN1CCN(c2cncc(-c3ccc4c(c3)CCO4)n2)C1. The van der Waals surface area contributed by atoms with Crippen LogP contribution in [0.15, 0.2) is 30.6 Å².